The van der Waals surface area contributed by atoms with Crippen LogP contribution in [0.4, 0.5) is 0 Å². The predicted molar refractivity (Wildman–Crippen MR) is 121 cm³/mol. The topological polar surface area (TPSA) is 60.8 Å². The quantitative estimate of drug-likeness (QED) is 0.435. The number of carbonyl (C=O) groups is 1. The minimum Gasteiger partial charge on any atom is -0.395 e. The minimum atomic E-state index is -0.140. The molecule has 1 amide bonds. The molecule has 0 aliphatic rings. The molecule has 0 spiro atoms. The third-order valence-corrected chi connectivity index (χ3v) is 5.68. The zero-order valence-corrected chi connectivity index (χ0v) is 19.1. The fourth-order valence-corrected chi connectivity index (χ4v) is 3.86. The molecule has 4 heteroatoms. The first kappa shape index (κ1) is 25.6. The molecule has 0 radical (unpaired) electrons. The summed E-state index contributed by atoms with van der Waals surface area (Å²) in [5.74, 6) is 2.14. The Hall–Kier alpha value is -1.39. The van der Waals surface area contributed by atoms with Crippen molar-refractivity contribution in [2.45, 2.75) is 72.6 Å². The molecule has 1 aromatic carbocycles. The second kappa shape index (κ2) is 14.6. The van der Waals surface area contributed by atoms with E-state index >= 15 is 0 Å². The van der Waals surface area contributed by atoms with Crippen molar-refractivity contribution >= 4 is 5.91 Å². The lowest BCUT2D eigenvalue weighted by Crippen LogP contribution is -2.35. The average molecular weight is 406 g/mol. The molecule has 1 rings (SSSR count). The maximum Gasteiger partial charge on any atom is 0.254 e. The molecule has 4 nitrogen and oxygen atoms in total. The molecule has 2 atom stereocenters. The normalized spacial score (nSPS) is 13.5. The molecule has 2 N–H and O–H groups in total. The minimum absolute atomic E-state index is 0.0995. The van der Waals surface area contributed by atoms with Gasteiger partial charge in [0.05, 0.1) is 13.2 Å². The van der Waals surface area contributed by atoms with Gasteiger partial charge in [-0.2, -0.15) is 0 Å². The molecule has 29 heavy (non-hydrogen) atoms. The van der Waals surface area contributed by atoms with Crippen molar-refractivity contribution in [1.29, 1.82) is 0 Å². The number of hydrogen-bond donors (Lipinski definition) is 2. The molecule has 0 aliphatic heterocycles. The molecule has 0 bridgehead atoms. The number of benzene rings is 1. The van der Waals surface area contributed by atoms with E-state index in [9.17, 15) is 4.79 Å². The van der Waals surface area contributed by atoms with Crippen LogP contribution in [0.3, 0.4) is 0 Å². The van der Waals surface area contributed by atoms with Gasteiger partial charge in [0.1, 0.15) is 0 Å². The highest BCUT2D eigenvalue weighted by Gasteiger charge is 2.15. The number of carbonyl (C=O) groups excluding carboxylic acids is 1. The fraction of sp³-hybridized carbons (Fsp3) is 0.720. The van der Waals surface area contributed by atoms with Crippen molar-refractivity contribution in [3.8, 4) is 0 Å². The van der Waals surface area contributed by atoms with Crippen molar-refractivity contribution in [3.63, 3.8) is 0 Å². The first-order valence-corrected chi connectivity index (χ1v) is 11.5. The largest absolute Gasteiger partial charge is 0.395 e. The van der Waals surface area contributed by atoms with E-state index in [1.807, 2.05) is 24.3 Å². The van der Waals surface area contributed by atoms with Gasteiger partial charge in [0.2, 0.25) is 0 Å². The first-order valence-electron chi connectivity index (χ1n) is 11.5. The van der Waals surface area contributed by atoms with Gasteiger partial charge in [-0.3, -0.25) is 4.79 Å². The van der Waals surface area contributed by atoms with Crippen LogP contribution in [0.25, 0.3) is 0 Å². The second-order valence-electron chi connectivity index (χ2n) is 9.11. The molecule has 2 unspecified atom stereocenters. The Labute approximate surface area is 178 Å². The summed E-state index contributed by atoms with van der Waals surface area (Å²) in [5.41, 5.74) is 1.87. The van der Waals surface area contributed by atoms with Gasteiger partial charge in [-0.1, -0.05) is 78.4 Å². The Morgan fingerprint density at radius 2 is 1.34 bits per heavy atom. The van der Waals surface area contributed by atoms with E-state index in [4.69, 9.17) is 10.2 Å². The van der Waals surface area contributed by atoms with Crippen molar-refractivity contribution in [1.82, 2.24) is 4.90 Å². The molecule has 0 aliphatic carbocycles. The molecule has 0 saturated carbocycles. The van der Waals surface area contributed by atoms with Crippen LogP contribution in [0.15, 0.2) is 24.3 Å². The summed E-state index contributed by atoms with van der Waals surface area (Å²) in [6.07, 6.45) is 8.94. The van der Waals surface area contributed by atoms with Crippen molar-refractivity contribution in [2.24, 2.45) is 17.8 Å². The average Bonchev–Trinajstić information content (AvgIpc) is 2.67. The monoisotopic (exact) mass is 405 g/mol. The van der Waals surface area contributed by atoms with E-state index in [1.54, 1.807) is 0 Å². The molecular formula is C25H43NO3. The third kappa shape index (κ3) is 10.8. The van der Waals surface area contributed by atoms with Gasteiger partial charge in [0.15, 0.2) is 0 Å². The second-order valence-corrected chi connectivity index (χ2v) is 9.11. The van der Waals surface area contributed by atoms with E-state index in [1.165, 1.54) is 49.0 Å². The van der Waals surface area contributed by atoms with Crippen LogP contribution in [0, 0.1) is 17.8 Å². The maximum atomic E-state index is 12.5. The summed E-state index contributed by atoms with van der Waals surface area (Å²) in [7, 11) is 0. The van der Waals surface area contributed by atoms with Gasteiger partial charge in [0.25, 0.3) is 5.91 Å². The van der Waals surface area contributed by atoms with Gasteiger partial charge in [0, 0.05) is 18.7 Å². The van der Waals surface area contributed by atoms with Crippen LogP contribution in [-0.2, 0) is 6.42 Å². The smallest absolute Gasteiger partial charge is 0.254 e. The number of rotatable bonds is 15. The number of hydrogen-bond acceptors (Lipinski definition) is 3. The zero-order valence-electron chi connectivity index (χ0n) is 19.1. The molecule has 0 saturated heterocycles. The van der Waals surface area contributed by atoms with Gasteiger partial charge in [-0.25, -0.2) is 0 Å². The lowest BCUT2D eigenvalue weighted by molar-refractivity contribution is 0.0685. The number of amides is 1. The van der Waals surface area contributed by atoms with Crippen LogP contribution >= 0.6 is 0 Å². The lowest BCUT2D eigenvalue weighted by Gasteiger charge is -2.21. The summed E-state index contributed by atoms with van der Waals surface area (Å²) in [5, 5.41) is 18.2. The Kier molecular flexibility index (Phi) is 12.9. The summed E-state index contributed by atoms with van der Waals surface area (Å²) in [6.45, 7) is 9.59. The Morgan fingerprint density at radius 3 is 1.86 bits per heavy atom. The summed E-state index contributed by atoms with van der Waals surface area (Å²) >= 11 is 0. The molecular weight excluding hydrogens is 362 g/mol. The predicted octanol–water partition coefficient (Wildman–Crippen LogP) is 4.92. The lowest BCUT2D eigenvalue weighted by atomic mass is 9.91. The van der Waals surface area contributed by atoms with Crippen LogP contribution in [0.2, 0.25) is 0 Å². The summed E-state index contributed by atoms with van der Waals surface area (Å²) in [4.78, 5) is 14.0. The van der Waals surface area contributed by atoms with Crippen molar-refractivity contribution < 1.29 is 15.0 Å². The van der Waals surface area contributed by atoms with Gasteiger partial charge in [-0.15, -0.1) is 0 Å². The fourth-order valence-electron chi connectivity index (χ4n) is 3.86. The first-order chi connectivity index (χ1) is 13.9. The highest BCUT2D eigenvalue weighted by Crippen LogP contribution is 2.21. The van der Waals surface area contributed by atoms with E-state index < -0.39 is 0 Å². The number of aliphatic hydroxyl groups is 2. The number of aliphatic hydroxyl groups excluding tert-OH is 2. The molecule has 166 valence electrons. The van der Waals surface area contributed by atoms with E-state index in [-0.39, 0.29) is 32.2 Å². The van der Waals surface area contributed by atoms with E-state index in [0.717, 1.165) is 18.3 Å². The standard InChI is InChI=1S/C25H43NO3/c1-20(2)7-5-8-21(3)9-6-10-22(4)19-23-11-13-24(14-12-23)25(29)26(15-17-27)16-18-28/h11-14,20-22,27-28H,5-10,15-19H2,1-4H3. The zero-order chi connectivity index (χ0) is 21.6. The Bertz CT molecular complexity index is 550. The Morgan fingerprint density at radius 1 is 0.828 bits per heavy atom. The molecule has 0 heterocycles. The van der Waals surface area contributed by atoms with Crippen LogP contribution < -0.4 is 0 Å². The maximum absolute atomic E-state index is 12.5. The van der Waals surface area contributed by atoms with Crippen LogP contribution in [0.1, 0.15) is 82.1 Å². The number of nitrogens with zero attached hydrogens (tertiary/aromatic N) is 1. The van der Waals surface area contributed by atoms with Gasteiger partial charge in [-0.05, 0) is 41.9 Å². The SMILES string of the molecule is CC(C)CCCC(C)CCCC(C)Cc1ccc(C(=O)N(CCO)CCO)cc1. The van der Waals surface area contributed by atoms with Crippen LogP contribution in [-0.4, -0.2) is 47.3 Å². The van der Waals surface area contributed by atoms with Gasteiger partial charge >= 0.3 is 0 Å². The Balaban J connectivity index is 2.39. The van der Waals surface area contributed by atoms with Crippen molar-refractivity contribution in [3.05, 3.63) is 35.4 Å². The molecule has 0 fully saturated rings. The third-order valence-electron chi connectivity index (χ3n) is 5.68. The summed E-state index contributed by atoms with van der Waals surface area (Å²) < 4.78 is 0. The highest BCUT2D eigenvalue weighted by molar-refractivity contribution is 5.94. The van der Waals surface area contributed by atoms with E-state index in [2.05, 4.69) is 27.7 Å². The summed E-state index contributed by atoms with van der Waals surface area (Å²) in [6, 6.07) is 7.80. The van der Waals surface area contributed by atoms with Gasteiger partial charge < -0.3 is 15.1 Å². The molecule has 1 aromatic rings. The van der Waals surface area contributed by atoms with Crippen molar-refractivity contribution in [2.75, 3.05) is 26.3 Å². The van der Waals surface area contributed by atoms with Crippen LogP contribution in [0.5, 0.6) is 0 Å². The molecule has 0 aromatic heterocycles. The van der Waals surface area contributed by atoms with E-state index in [0.29, 0.717) is 11.5 Å². The highest BCUT2D eigenvalue weighted by atomic mass is 16.3.